The summed E-state index contributed by atoms with van der Waals surface area (Å²) in [5.74, 6) is -0.232. The number of likely N-dealkylation sites (N-methyl/N-ethyl adjacent to an activating group) is 1. The number of esters is 1. The predicted octanol–water partition coefficient (Wildman–Crippen LogP) is 1.06. The summed E-state index contributed by atoms with van der Waals surface area (Å²) in [4.78, 5) is 13.5. The number of nitrogens with zero attached hydrogens (tertiary/aromatic N) is 1. The van der Waals surface area contributed by atoms with Crippen molar-refractivity contribution in [1.82, 2.24) is 5.32 Å². The van der Waals surface area contributed by atoms with E-state index in [9.17, 15) is 4.79 Å². The average Bonchev–Trinajstić information content (AvgIpc) is 2.35. The van der Waals surface area contributed by atoms with Gasteiger partial charge in [-0.1, -0.05) is 12.1 Å². The van der Waals surface area contributed by atoms with E-state index in [1.54, 1.807) is 7.05 Å². The molecule has 0 fully saturated rings. The number of hydrogen-bond acceptors (Lipinski definition) is 4. The van der Waals surface area contributed by atoms with Crippen LogP contribution in [0.4, 0.5) is 5.69 Å². The summed E-state index contributed by atoms with van der Waals surface area (Å²) in [6, 6.07) is 7.86. The summed E-state index contributed by atoms with van der Waals surface area (Å²) in [5.41, 5.74) is 2.26. The largest absolute Gasteiger partial charge is 0.468 e. The number of carbonyl (C=O) groups excluding carboxylic acids is 1. The van der Waals surface area contributed by atoms with Crippen molar-refractivity contribution in [3.8, 4) is 0 Å². The number of hydrogen-bond donors (Lipinski definition) is 1. The summed E-state index contributed by atoms with van der Waals surface area (Å²) < 4.78 is 4.73. The minimum absolute atomic E-state index is 0.232. The molecule has 0 amide bonds. The van der Waals surface area contributed by atoms with Gasteiger partial charge in [0, 0.05) is 19.8 Å². The van der Waals surface area contributed by atoms with Crippen molar-refractivity contribution in [1.29, 1.82) is 0 Å². The molecule has 0 radical (unpaired) electrons. The van der Waals surface area contributed by atoms with Gasteiger partial charge in [-0.3, -0.25) is 4.79 Å². The Bertz CT molecular complexity index is 360. The lowest BCUT2D eigenvalue weighted by Crippen LogP contribution is -2.36. The van der Waals surface area contributed by atoms with Gasteiger partial charge < -0.3 is 15.0 Å². The summed E-state index contributed by atoms with van der Waals surface area (Å²) in [7, 11) is 7.16. The van der Waals surface area contributed by atoms with Gasteiger partial charge in [0.25, 0.3) is 0 Å². The molecule has 4 nitrogen and oxygen atoms in total. The molecule has 0 aliphatic carbocycles. The molecule has 0 aliphatic rings. The third-order valence-electron chi connectivity index (χ3n) is 2.73. The summed E-state index contributed by atoms with van der Waals surface area (Å²) in [6.45, 7) is 0. The number of benzene rings is 1. The zero-order valence-corrected chi connectivity index (χ0v) is 10.9. The second-order valence-electron chi connectivity index (χ2n) is 4.13. The molecule has 0 aliphatic heterocycles. The van der Waals surface area contributed by atoms with Gasteiger partial charge in [-0.05, 0) is 31.2 Å². The topological polar surface area (TPSA) is 41.6 Å². The Balaban J connectivity index is 2.70. The molecule has 0 aromatic heterocycles. The second kappa shape index (κ2) is 6.25. The van der Waals surface area contributed by atoms with Crippen LogP contribution in [0.1, 0.15) is 5.56 Å². The van der Waals surface area contributed by atoms with Crippen molar-refractivity contribution in [2.75, 3.05) is 33.2 Å². The molecule has 1 aromatic rings. The van der Waals surface area contributed by atoms with Gasteiger partial charge in [0.05, 0.1) is 7.11 Å². The fourth-order valence-electron chi connectivity index (χ4n) is 1.61. The molecule has 0 saturated heterocycles. The Morgan fingerprint density at radius 3 is 2.35 bits per heavy atom. The minimum atomic E-state index is -0.287. The van der Waals surface area contributed by atoms with Crippen molar-refractivity contribution < 1.29 is 9.53 Å². The van der Waals surface area contributed by atoms with Crippen molar-refractivity contribution in [3.05, 3.63) is 29.8 Å². The van der Waals surface area contributed by atoms with Crippen molar-refractivity contribution in [2.24, 2.45) is 0 Å². The van der Waals surface area contributed by atoms with Crippen LogP contribution < -0.4 is 10.2 Å². The average molecular weight is 236 g/mol. The summed E-state index contributed by atoms with van der Waals surface area (Å²) in [5, 5.41) is 2.95. The third kappa shape index (κ3) is 3.75. The van der Waals surface area contributed by atoms with Crippen molar-refractivity contribution in [2.45, 2.75) is 12.5 Å². The highest BCUT2D eigenvalue weighted by Crippen LogP contribution is 2.13. The molecule has 1 N–H and O–H groups in total. The van der Waals surface area contributed by atoms with Crippen molar-refractivity contribution in [3.63, 3.8) is 0 Å². The minimum Gasteiger partial charge on any atom is -0.468 e. The lowest BCUT2D eigenvalue weighted by molar-refractivity contribution is -0.142. The maximum Gasteiger partial charge on any atom is 0.323 e. The van der Waals surface area contributed by atoms with Crippen LogP contribution in [0.2, 0.25) is 0 Å². The maximum atomic E-state index is 11.4. The lowest BCUT2D eigenvalue weighted by atomic mass is 10.1. The molecule has 0 bridgehead atoms. The molecule has 1 aromatic carbocycles. The van der Waals surface area contributed by atoms with Crippen LogP contribution in [-0.4, -0.2) is 40.3 Å². The van der Waals surface area contributed by atoms with Crippen LogP contribution in [0.15, 0.2) is 24.3 Å². The van der Waals surface area contributed by atoms with E-state index in [1.807, 2.05) is 43.3 Å². The Hall–Kier alpha value is -1.55. The number of rotatable bonds is 5. The predicted molar refractivity (Wildman–Crippen MR) is 69.3 cm³/mol. The van der Waals surface area contributed by atoms with Gasteiger partial charge in [0.2, 0.25) is 0 Å². The highest BCUT2D eigenvalue weighted by atomic mass is 16.5. The highest BCUT2D eigenvalue weighted by molar-refractivity contribution is 5.76. The number of ether oxygens (including phenoxy) is 1. The van der Waals surface area contributed by atoms with E-state index in [4.69, 9.17) is 4.74 Å². The molecule has 1 atom stereocenters. The zero-order valence-electron chi connectivity index (χ0n) is 10.9. The number of carbonyl (C=O) groups is 1. The number of anilines is 1. The summed E-state index contributed by atoms with van der Waals surface area (Å²) >= 11 is 0. The van der Waals surface area contributed by atoms with Crippen LogP contribution in [0.5, 0.6) is 0 Å². The van der Waals surface area contributed by atoms with E-state index in [-0.39, 0.29) is 12.0 Å². The van der Waals surface area contributed by atoms with E-state index >= 15 is 0 Å². The standard InChI is InChI=1S/C13H20N2O2/c1-14-12(13(16)17-4)9-10-5-7-11(8-6-10)15(2)3/h5-8,12,14H,9H2,1-4H3/t12-/m0/s1. The van der Waals surface area contributed by atoms with Crippen LogP contribution in [0.25, 0.3) is 0 Å². The first-order chi connectivity index (χ1) is 8.08. The summed E-state index contributed by atoms with van der Waals surface area (Å²) in [6.07, 6.45) is 0.636. The number of nitrogens with one attached hydrogen (secondary N) is 1. The molecule has 0 spiro atoms. The Labute approximate surface area is 103 Å². The van der Waals surface area contributed by atoms with Crippen LogP contribution >= 0.6 is 0 Å². The van der Waals surface area contributed by atoms with Gasteiger partial charge in [-0.15, -0.1) is 0 Å². The molecule has 4 heteroatoms. The fourth-order valence-corrected chi connectivity index (χ4v) is 1.61. The van der Waals surface area contributed by atoms with Gasteiger partial charge in [-0.25, -0.2) is 0 Å². The normalized spacial score (nSPS) is 12.0. The molecule has 17 heavy (non-hydrogen) atoms. The molecule has 0 heterocycles. The first kappa shape index (κ1) is 13.5. The van der Waals surface area contributed by atoms with Gasteiger partial charge in [-0.2, -0.15) is 0 Å². The lowest BCUT2D eigenvalue weighted by Gasteiger charge is -2.15. The van der Waals surface area contributed by atoms with Gasteiger partial charge in [0.15, 0.2) is 0 Å². The monoisotopic (exact) mass is 236 g/mol. The second-order valence-corrected chi connectivity index (χ2v) is 4.13. The van der Waals surface area contributed by atoms with Crippen LogP contribution in [-0.2, 0) is 16.0 Å². The molecular formula is C13H20N2O2. The highest BCUT2D eigenvalue weighted by Gasteiger charge is 2.16. The SMILES string of the molecule is CN[C@@H](Cc1ccc(N(C)C)cc1)C(=O)OC. The molecular weight excluding hydrogens is 216 g/mol. The third-order valence-corrected chi connectivity index (χ3v) is 2.73. The van der Waals surface area contributed by atoms with Crippen LogP contribution in [0.3, 0.4) is 0 Å². The van der Waals surface area contributed by atoms with E-state index in [1.165, 1.54) is 7.11 Å². The molecule has 0 unspecified atom stereocenters. The number of methoxy groups -OCH3 is 1. The van der Waals surface area contributed by atoms with Crippen LogP contribution in [0, 0.1) is 0 Å². The Kier molecular flexibility index (Phi) is 4.97. The fraction of sp³-hybridized carbons (Fsp3) is 0.462. The maximum absolute atomic E-state index is 11.4. The van der Waals surface area contributed by atoms with Gasteiger partial charge >= 0.3 is 5.97 Å². The quantitative estimate of drug-likeness (QED) is 0.776. The Morgan fingerprint density at radius 1 is 1.35 bits per heavy atom. The Morgan fingerprint density at radius 2 is 1.94 bits per heavy atom. The van der Waals surface area contributed by atoms with E-state index in [0.717, 1.165) is 11.3 Å². The molecule has 1 rings (SSSR count). The molecule has 0 saturated carbocycles. The first-order valence-corrected chi connectivity index (χ1v) is 5.60. The smallest absolute Gasteiger partial charge is 0.323 e. The van der Waals surface area contributed by atoms with Crippen molar-refractivity contribution >= 4 is 11.7 Å². The van der Waals surface area contributed by atoms with E-state index in [0.29, 0.717) is 6.42 Å². The van der Waals surface area contributed by atoms with Gasteiger partial charge in [0.1, 0.15) is 6.04 Å². The first-order valence-electron chi connectivity index (χ1n) is 5.60. The zero-order chi connectivity index (χ0) is 12.8. The molecule has 94 valence electrons. The van der Waals surface area contributed by atoms with E-state index < -0.39 is 0 Å². The van der Waals surface area contributed by atoms with E-state index in [2.05, 4.69) is 5.32 Å².